The minimum atomic E-state index is 0.154. The highest BCUT2D eigenvalue weighted by atomic mass is 16.2. The molecule has 0 radical (unpaired) electrons. The molecule has 1 fully saturated rings. The van der Waals surface area contributed by atoms with Gasteiger partial charge in [-0.05, 0) is 68.0 Å². The summed E-state index contributed by atoms with van der Waals surface area (Å²) in [5.41, 5.74) is 12.9. The van der Waals surface area contributed by atoms with Crippen molar-refractivity contribution in [1.82, 2.24) is 29.5 Å². The van der Waals surface area contributed by atoms with Crippen molar-refractivity contribution in [1.29, 1.82) is 0 Å². The lowest BCUT2D eigenvalue weighted by Crippen LogP contribution is -2.34. The van der Waals surface area contributed by atoms with Crippen LogP contribution in [0.25, 0.3) is 28.2 Å². The van der Waals surface area contributed by atoms with E-state index < -0.39 is 0 Å². The zero-order valence-electron chi connectivity index (χ0n) is 18.0. The van der Waals surface area contributed by atoms with E-state index >= 15 is 0 Å². The number of nitrogen functional groups attached to an aromatic ring is 1. The summed E-state index contributed by atoms with van der Waals surface area (Å²) in [6, 6.07) is 8.15. The summed E-state index contributed by atoms with van der Waals surface area (Å²) in [4.78, 5) is 28.3. The Morgan fingerprint density at radius 2 is 2.00 bits per heavy atom. The molecule has 1 saturated carbocycles. The van der Waals surface area contributed by atoms with Gasteiger partial charge in [0.05, 0.1) is 17.0 Å². The minimum absolute atomic E-state index is 0.154. The van der Waals surface area contributed by atoms with Crippen LogP contribution in [0.1, 0.15) is 41.3 Å². The maximum Gasteiger partial charge on any atom is 0.255 e. The molecule has 32 heavy (non-hydrogen) atoms. The highest BCUT2D eigenvalue weighted by Gasteiger charge is 2.39. The van der Waals surface area contributed by atoms with Crippen LogP contribution in [0.4, 0.5) is 5.82 Å². The molecule has 160 valence electrons. The third-order valence-electron chi connectivity index (χ3n) is 6.67. The Balaban J connectivity index is 1.43. The molecule has 8 heteroatoms. The third-order valence-corrected chi connectivity index (χ3v) is 6.67. The van der Waals surface area contributed by atoms with Gasteiger partial charge in [-0.3, -0.25) is 4.79 Å². The largest absolute Gasteiger partial charge is 0.382 e. The average molecular weight is 425 g/mol. The Bertz CT molecular complexity index is 1370. The van der Waals surface area contributed by atoms with Crippen molar-refractivity contribution in [2.75, 3.05) is 5.73 Å². The second-order valence-electron chi connectivity index (χ2n) is 8.77. The summed E-state index contributed by atoms with van der Waals surface area (Å²) >= 11 is 0. The Morgan fingerprint density at radius 3 is 2.75 bits per heavy atom. The maximum atomic E-state index is 13.1. The summed E-state index contributed by atoms with van der Waals surface area (Å²) < 4.78 is 1.67. The van der Waals surface area contributed by atoms with Crippen LogP contribution in [0, 0.1) is 12.8 Å². The van der Waals surface area contributed by atoms with Crippen LogP contribution in [-0.4, -0.2) is 41.4 Å². The number of hydrogen-bond donors (Lipinski definition) is 1. The molecule has 0 unspecified atom stereocenters. The molecule has 1 amide bonds. The van der Waals surface area contributed by atoms with Crippen LogP contribution in [0.5, 0.6) is 0 Å². The molecule has 1 aliphatic carbocycles. The highest BCUT2D eigenvalue weighted by molar-refractivity contribution is 6.00. The average Bonchev–Trinajstić information content (AvgIpc) is 3.51. The van der Waals surface area contributed by atoms with E-state index in [1.807, 2.05) is 30.2 Å². The molecule has 4 aromatic rings. The van der Waals surface area contributed by atoms with Gasteiger partial charge in [0.25, 0.3) is 5.91 Å². The number of rotatable bonds is 4. The van der Waals surface area contributed by atoms with Gasteiger partial charge in [-0.1, -0.05) is 0 Å². The Labute approximate surface area is 185 Å². The van der Waals surface area contributed by atoms with Gasteiger partial charge >= 0.3 is 0 Å². The zero-order valence-corrected chi connectivity index (χ0v) is 18.0. The monoisotopic (exact) mass is 425 g/mol. The van der Waals surface area contributed by atoms with Crippen LogP contribution in [0.2, 0.25) is 0 Å². The van der Waals surface area contributed by atoms with Gasteiger partial charge in [0, 0.05) is 36.1 Å². The minimum Gasteiger partial charge on any atom is -0.382 e. The van der Waals surface area contributed by atoms with E-state index in [4.69, 9.17) is 10.7 Å². The van der Waals surface area contributed by atoms with Crippen LogP contribution < -0.4 is 5.73 Å². The van der Waals surface area contributed by atoms with Gasteiger partial charge < -0.3 is 10.6 Å². The summed E-state index contributed by atoms with van der Waals surface area (Å²) in [5.74, 6) is 1.17. The summed E-state index contributed by atoms with van der Waals surface area (Å²) in [6.45, 7) is 4.84. The molecule has 4 heterocycles. The first-order valence-corrected chi connectivity index (χ1v) is 10.9. The molecule has 1 aliphatic heterocycles. The van der Waals surface area contributed by atoms with Crippen molar-refractivity contribution in [3.8, 4) is 22.5 Å². The molecule has 8 nitrogen and oxygen atoms in total. The second-order valence-corrected chi connectivity index (χ2v) is 8.77. The number of carbonyl (C=O) groups excluding carboxylic acids is 1. The number of amides is 1. The summed E-state index contributed by atoms with van der Waals surface area (Å²) in [7, 11) is 0. The van der Waals surface area contributed by atoms with Crippen molar-refractivity contribution in [3.05, 3.63) is 59.7 Å². The fourth-order valence-corrected chi connectivity index (χ4v) is 4.79. The van der Waals surface area contributed by atoms with Crippen molar-refractivity contribution >= 4 is 17.4 Å². The molecular weight excluding hydrogens is 402 g/mol. The van der Waals surface area contributed by atoms with Crippen molar-refractivity contribution < 1.29 is 4.79 Å². The van der Waals surface area contributed by atoms with E-state index in [0.29, 0.717) is 35.2 Å². The third kappa shape index (κ3) is 2.86. The Hall–Kier alpha value is -3.81. The number of benzene rings is 1. The van der Waals surface area contributed by atoms with Crippen molar-refractivity contribution in [3.63, 3.8) is 0 Å². The standard InChI is InChI=1S/C24H23N7O/c1-13-9-16(10-17-11-30(24(32)20(13)17)14(2)15-3-4-15)18-6-8-31-23(28-18)21(22(25)29-31)19-5-7-26-12-27-19/h5-10,12,14-15H,3-4,11H2,1-2H3,(H2,25,29)/t14-/m0/s1. The molecule has 0 spiro atoms. The van der Waals surface area contributed by atoms with Crippen molar-refractivity contribution in [2.24, 2.45) is 5.92 Å². The van der Waals surface area contributed by atoms with Crippen molar-refractivity contribution in [2.45, 2.75) is 39.3 Å². The number of fused-ring (bicyclic) bond motifs is 2. The lowest BCUT2D eigenvalue weighted by Gasteiger charge is -2.24. The van der Waals surface area contributed by atoms with Crippen LogP contribution in [0.15, 0.2) is 43.0 Å². The summed E-state index contributed by atoms with van der Waals surface area (Å²) in [6.07, 6.45) is 7.45. The second kappa shape index (κ2) is 6.85. The number of hydrogen-bond acceptors (Lipinski definition) is 6. The van der Waals surface area contributed by atoms with Crippen LogP contribution in [0.3, 0.4) is 0 Å². The molecule has 0 saturated heterocycles. The van der Waals surface area contributed by atoms with Gasteiger partial charge in [0.1, 0.15) is 6.33 Å². The van der Waals surface area contributed by atoms with Gasteiger partial charge in [0.15, 0.2) is 11.5 Å². The van der Waals surface area contributed by atoms with E-state index in [1.54, 1.807) is 16.8 Å². The van der Waals surface area contributed by atoms with E-state index in [9.17, 15) is 4.79 Å². The number of nitrogens with two attached hydrogens (primary N) is 1. The summed E-state index contributed by atoms with van der Waals surface area (Å²) in [5, 5.41) is 4.38. The van der Waals surface area contributed by atoms with Gasteiger partial charge in [-0.2, -0.15) is 0 Å². The molecule has 0 bridgehead atoms. The molecule has 6 rings (SSSR count). The van der Waals surface area contributed by atoms with Gasteiger partial charge in [-0.15, -0.1) is 5.10 Å². The first-order chi connectivity index (χ1) is 15.5. The lowest BCUT2D eigenvalue weighted by molar-refractivity contribution is 0.0697. The lowest BCUT2D eigenvalue weighted by atomic mass is 9.98. The number of carbonyl (C=O) groups is 1. The molecule has 2 aliphatic rings. The first kappa shape index (κ1) is 18.9. The molecule has 1 aromatic carbocycles. The number of aryl methyl sites for hydroxylation is 1. The van der Waals surface area contributed by atoms with Crippen LogP contribution >= 0.6 is 0 Å². The highest BCUT2D eigenvalue weighted by Crippen LogP contribution is 2.40. The van der Waals surface area contributed by atoms with E-state index in [0.717, 1.165) is 27.9 Å². The molecule has 1 atom stereocenters. The molecule has 2 N–H and O–H groups in total. The van der Waals surface area contributed by atoms with Gasteiger partial charge in [-0.25, -0.2) is 19.5 Å². The number of anilines is 1. The fourth-order valence-electron chi connectivity index (χ4n) is 4.79. The van der Waals surface area contributed by atoms with Crippen LogP contribution in [-0.2, 0) is 6.54 Å². The molecular formula is C24H23N7O. The fraction of sp³-hybridized carbons (Fsp3) is 0.292. The Kier molecular flexibility index (Phi) is 4.05. The molecule has 3 aromatic heterocycles. The van der Waals surface area contributed by atoms with E-state index in [2.05, 4.69) is 28.1 Å². The SMILES string of the molecule is Cc1cc(-c2ccn3nc(N)c(-c4ccncn4)c3n2)cc2c1C(=O)N([C@@H](C)C1CC1)C2. The maximum absolute atomic E-state index is 13.1. The zero-order chi connectivity index (χ0) is 22.0. The van der Waals surface area contributed by atoms with E-state index in [-0.39, 0.29) is 11.9 Å². The quantitative estimate of drug-likeness (QED) is 0.537. The number of aromatic nitrogens is 5. The predicted molar refractivity (Wildman–Crippen MR) is 121 cm³/mol. The first-order valence-electron chi connectivity index (χ1n) is 10.9. The number of nitrogens with zero attached hydrogens (tertiary/aromatic N) is 6. The van der Waals surface area contributed by atoms with Gasteiger partial charge in [0.2, 0.25) is 0 Å². The van der Waals surface area contributed by atoms with E-state index in [1.165, 1.54) is 19.2 Å². The Morgan fingerprint density at radius 1 is 1.16 bits per heavy atom. The topological polar surface area (TPSA) is 102 Å². The predicted octanol–water partition coefficient (Wildman–Crippen LogP) is 3.50. The smallest absolute Gasteiger partial charge is 0.255 e. The normalized spacial score (nSPS) is 16.6.